The molecule has 0 radical (unpaired) electrons. The van der Waals surface area contributed by atoms with Gasteiger partial charge in [0, 0.05) is 0 Å². The van der Waals surface area contributed by atoms with Crippen LogP contribution in [-0.2, 0) is 4.74 Å². The number of methoxy groups -OCH3 is 2. The Hall–Kier alpha value is -1.85. The minimum Gasteiger partial charge on any atom is -0.491 e. The van der Waals surface area contributed by atoms with Gasteiger partial charge in [-0.1, -0.05) is 0 Å². The fourth-order valence-corrected chi connectivity index (χ4v) is 1.08. The van der Waals surface area contributed by atoms with E-state index in [4.69, 9.17) is 5.73 Å². The molecule has 0 bridgehead atoms. The molecular formula is C9H9F2NO3. The van der Waals surface area contributed by atoms with Crippen LogP contribution in [0.4, 0.5) is 14.5 Å². The molecule has 1 aromatic rings. The van der Waals surface area contributed by atoms with Gasteiger partial charge in [0.25, 0.3) is 0 Å². The number of ether oxygens (including phenoxy) is 2. The zero-order valence-corrected chi connectivity index (χ0v) is 8.14. The standard InChI is InChI=1S/C9H9F2NO3/c1-14-8-5(10)3-4(9(13)15-2)7(12)6(8)11/h3H,12H2,1-2H3. The highest BCUT2D eigenvalue weighted by atomic mass is 19.1. The molecule has 0 heterocycles. The molecule has 0 atom stereocenters. The molecule has 0 amide bonds. The minimum absolute atomic E-state index is 0.367. The maximum Gasteiger partial charge on any atom is 0.340 e. The summed E-state index contributed by atoms with van der Waals surface area (Å²) in [5, 5.41) is 0. The first kappa shape index (κ1) is 11.2. The van der Waals surface area contributed by atoms with Crippen LogP contribution in [0.5, 0.6) is 5.75 Å². The van der Waals surface area contributed by atoms with Crippen LogP contribution in [0, 0.1) is 11.6 Å². The van der Waals surface area contributed by atoms with E-state index in [0.717, 1.165) is 20.3 Å². The number of benzene rings is 1. The van der Waals surface area contributed by atoms with Crippen LogP contribution in [0.1, 0.15) is 10.4 Å². The van der Waals surface area contributed by atoms with Gasteiger partial charge in [0.15, 0.2) is 17.4 Å². The lowest BCUT2D eigenvalue weighted by Gasteiger charge is -2.09. The van der Waals surface area contributed by atoms with Crippen molar-refractivity contribution in [3.8, 4) is 5.75 Å². The minimum atomic E-state index is -1.11. The number of hydrogen-bond donors (Lipinski definition) is 1. The number of anilines is 1. The van der Waals surface area contributed by atoms with Gasteiger partial charge >= 0.3 is 5.97 Å². The van der Waals surface area contributed by atoms with Crippen LogP contribution in [0.2, 0.25) is 0 Å². The number of carbonyl (C=O) groups is 1. The first-order chi connectivity index (χ1) is 7.02. The van der Waals surface area contributed by atoms with E-state index in [1.807, 2.05) is 0 Å². The van der Waals surface area contributed by atoms with Gasteiger partial charge in [0.2, 0.25) is 0 Å². The molecule has 2 N–H and O–H groups in total. The molecule has 0 saturated carbocycles. The van der Waals surface area contributed by atoms with Gasteiger partial charge in [-0.3, -0.25) is 0 Å². The molecule has 0 aromatic heterocycles. The molecule has 1 rings (SSSR count). The van der Waals surface area contributed by atoms with E-state index in [2.05, 4.69) is 9.47 Å². The summed E-state index contributed by atoms with van der Waals surface area (Å²) in [7, 11) is 2.18. The summed E-state index contributed by atoms with van der Waals surface area (Å²) in [6.45, 7) is 0. The fraction of sp³-hybridized carbons (Fsp3) is 0.222. The average molecular weight is 217 g/mol. The van der Waals surface area contributed by atoms with Gasteiger partial charge in [-0.15, -0.1) is 0 Å². The highest BCUT2D eigenvalue weighted by Gasteiger charge is 2.21. The maximum absolute atomic E-state index is 13.3. The lowest BCUT2D eigenvalue weighted by Crippen LogP contribution is -2.09. The van der Waals surface area contributed by atoms with Crippen LogP contribution >= 0.6 is 0 Å². The number of esters is 1. The van der Waals surface area contributed by atoms with E-state index >= 15 is 0 Å². The third-order valence-electron chi connectivity index (χ3n) is 1.82. The molecule has 4 nitrogen and oxygen atoms in total. The van der Waals surface area contributed by atoms with Gasteiger partial charge in [-0.25, -0.2) is 13.6 Å². The smallest absolute Gasteiger partial charge is 0.340 e. The molecule has 1 aromatic carbocycles. The summed E-state index contributed by atoms with van der Waals surface area (Å²) in [4.78, 5) is 11.1. The molecule has 15 heavy (non-hydrogen) atoms. The van der Waals surface area contributed by atoms with Crippen LogP contribution in [0.3, 0.4) is 0 Å². The summed E-state index contributed by atoms with van der Waals surface area (Å²) in [5.41, 5.74) is 4.41. The van der Waals surface area contributed by atoms with Crippen molar-refractivity contribution in [3.63, 3.8) is 0 Å². The van der Waals surface area contributed by atoms with Crippen LogP contribution < -0.4 is 10.5 Å². The van der Waals surface area contributed by atoms with Crippen molar-refractivity contribution in [2.45, 2.75) is 0 Å². The van der Waals surface area contributed by atoms with Crippen LogP contribution in [-0.4, -0.2) is 20.2 Å². The van der Waals surface area contributed by atoms with Crippen molar-refractivity contribution in [1.29, 1.82) is 0 Å². The van der Waals surface area contributed by atoms with Crippen molar-refractivity contribution in [1.82, 2.24) is 0 Å². The van der Waals surface area contributed by atoms with Gasteiger partial charge in [-0.2, -0.15) is 0 Å². The second kappa shape index (κ2) is 4.12. The summed E-state index contributed by atoms with van der Waals surface area (Å²) in [6.07, 6.45) is 0. The predicted octanol–water partition coefficient (Wildman–Crippen LogP) is 1.34. The zero-order chi connectivity index (χ0) is 11.6. The first-order valence-corrected chi connectivity index (χ1v) is 3.92. The van der Waals surface area contributed by atoms with Crippen molar-refractivity contribution in [2.24, 2.45) is 0 Å². The highest BCUT2D eigenvalue weighted by Crippen LogP contribution is 2.29. The van der Waals surface area contributed by atoms with Crippen molar-refractivity contribution >= 4 is 11.7 Å². The van der Waals surface area contributed by atoms with E-state index in [9.17, 15) is 13.6 Å². The summed E-state index contributed by atoms with van der Waals surface area (Å²) < 4.78 is 35.2. The monoisotopic (exact) mass is 217 g/mol. The molecule has 0 spiro atoms. The normalized spacial score (nSPS) is 9.87. The second-order valence-corrected chi connectivity index (χ2v) is 2.66. The van der Waals surface area contributed by atoms with Crippen molar-refractivity contribution in [2.75, 3.05) is 20.0 Å². The van der Waals surface area contributed by atoms with Crippen LogP contribution in [0.25, 0.3) is 0 Å². The topological polar surface area (TPSA) is 61.5 Å². The zero-order valence-electron chi connectivity index (χ0n) is 8.14. The summed E-state index contributed by atoms with van der Waals surface area (Å²) in [6, 6.07) is 0.767. The van der Waals surface area contributed by atoms with E-state index < -0.39 is 29.0 Å². The third kappa shape index (κ3) is 1.83. The number of rotatable bonds is 2. The largest absolute Gasteiger partial charge is 0.491 e. The lowest BCUT2D eigenvalue weighted by molar-refractivity contribution is 0.0601. The Morgan fingerprint density at radius 1 is 1.40 bits per heavy atom. The lowest BCUT2D eigenvalue weighted by atomic mass is 10.1. The molecular weight excluding hydrogens is 208 g/mol. The highest BCUT2D eigenvalue weighted by molar-refractivity contribution is 5.95. The van der Waals surface area contributed by atoms with E-state index in [1.54, 1.807) is 0 Å². The van der Waals surface area contributed by atoms with E-state index in [0.29, 0.717) is 0 Å². The Balaban J connectivity index is 3.40. The second-order valence-electron chi connectivity index (χ2n) is 2.66. The summed E-state index contributed by atoms with van der Waals surface area (Å²) in [5.74, 6) is -3.66. The number of carbonyl (C=O) groups excluding carboxylic acids is 1. The van der Waals surface area contributed by atoms with Gasteiger partial charge in [0.05, 0.1) is 25.5 Å². The molecule has 0 aliphatic heterocycles. The van der Waals surface area contributed by atoms with Gasteiger partial charge < -0.3 is 15.2 Å². The SMILES string of the molecule is COC(=O)c1cc(F)c(OC)c(F)c1N. The van der Waals surface area contributed by atoms with Gasteiger partial charge in [0.1, 0.15) is 0 Å². The molecule has 0 fully saturated rings. The Bertz CT molecular complexity index is 407. The number of nitrogen functional groups attached to an aromatic ring is 1. The molecule has 6 heteroatoms. The number of nitrogens with two attached hydrogens (primary N) is 1. The van der Waals surface area contributed by atoms with Crippen molar-refractivity contribution in [3.05, 3.63) is 23.3 Å². The van der Waals surface area contributed by atoms with E-state index in [-0.39, 0.29) is 5.56 Å². The predicted molar refractivity (Wildman–Crippen MR) is 48.7 cm³/mol. The molecule has 0 unspecified atom stereocenters. The third-order valence-corrected chi connectivity index (χ3v) is 1.82. The number of hydrogen-bond acceptors (Lipinski definition) is 4. The Morgan fingerprint density at radius 3 is 2.47 bits per heavy atom. The van der Waals surface area contributed by atoms with Gasteiger partial charge in [-0.05, 0) is 6.07 Å². The molecule has 0 aliphatic rings. The van der Waals surface area contributed by atoms with E-state index in [1.165, 1.54) is 0 Å². The van der Waals surface area contributed by atoms with Crippen LogP contribution in [0.15, 0.2) is 6.07 Å². The maximum atomic E-state index is 13.3. The number of halogens is 2. The fourth-order valence-electron chi connectivity index (χ4n) is 1.08. The Kier molecular flexibility index (Phi) is 3.08. The Labute approximate surface area is 84.6 Å². The quantitative estimate of drug-likeness (QED) is 0.599. The first-order valence-electron chi connectivity index (χ1n) is 3.92. The molecule has 82 valence electrons. The molecule has 0 aliphatic carbocycles. The Morgan fingerprint density at radius 2 is 2.00 bits per heavy atom. The van der Waals surface area contributed by atoms with Crippen molar-refractivity contribution < 1.29 is 23.0 Å². The molecule has 0 saturated heterocycles. The summed E-state index contributed by atoms with van der Waals surface area (Å²) >= 11 is 0. The average Bonchev–Trinajstić information content (AvgIpc) is 2.23.